The van der Waals surface area contributed by atoms with Gasteiger partial charge in [0.05, 0.1) is 12.1 Å². The van der Waals surface area contributed by atoms with Crippen molar-refractivity contribution in [3.63, 3.8) is 0 Å². The first-order chi connectivity index (χ1) is 10.6. The Morgan fingerprint density at radius 1 is 1.41 bits per heavy atom. The molecule has 0 saturated carbocycles. The van der Waals surface area contributed by atoms with E-state index in [4.69, 9.17) is 4.74 Å². The van der Waals surface area contributed by atoms with Gasteiger partial charge in [-0.1, -0.05) is 6.07 Å². The summed E-state index contributed by atoms with van der Waals surface area (Å²) in [7, 11) is 0. The number of ether oxygens (including phenoxy) is 1. The van der Waals surface area contributed by atoms with Crippen LogP contribution in [0.15, 0.2) is 23.6 Å². The zero-order valence-corrected chi connectivity index (χ0v) is 14.3. The molecule has 2 rings (SSSR count). The maximum Gasteiger partial charge on any atom is 0.253 e. The van der Waals surface area contributed by atoms with Crippen LogP contribution < -0.4 is 5.32 Å². The summed E-state index contributed by atoms with van der Waals surface area (Å²) in [6.45, 7) is 8.91. The summed E-state index contributed by atoms with van der Waals surface area (Å²) in [5.74, 6) is 0.00188. The van der Waals surface area contributed by atoms with Gasteiger partial charge in [-0.05, 0) is 44.7 Å². The fourth-order valence-electron chi connectivity index (χ4n) is 2.45. The van der Waals surface area contributed by atoms with Crippen LogP contribution in [0.4, 0.5) is 0 Å². The van der Waals surface area contributed by atoms with Gasteiger partial charge < -0.3 is 14.6 Å². The smallest absolute Gasteiger partial charge is 0.253 e. The molecule has 5 heteroatoms. The van der Waals surface area contributed by atoms with Crippen molar-refractivity contribution in [3.05, 3.63) is 45.4 Å². The third-order valence-corrected chi connectivity index (χ3v) is 4.53. The Labute approximate surface area is 136 Å². The third kappa shape index (κ3) is 4.21. The van der Waals surface area contributed by atoms with Gasteiger partial charge in [0.1, 0.15) is 0 Å². The Balaban J connectivity index is 1.98. The first kappa shape index (κ1) is 16.8. The van der Waals surface area contributed by atoms with Crippen LogP contribution in [0.5, 0.6) is 0 Å². The van der Waals surface area contributed by atoms with Gasteiger partial charge in [0.15, 0.2) is 0 Å². The van der Waals surface area contributed by atoms with Crippen molar-refractivity contribution in [2.45, 2.75) is 33.7 Å². The maximum absolute atomic E-state index is 12.3. The third-order valence-electron chi connectivity index (χ3n) is 3.67. The molecule has 0 spiro atoms. The van der Waals surface area contributed by atoms with Crippen LogP contribution in [0.3, 0.4) is 0 Å². The van der Waals surface area contributed by atoms with E-state index in [0.717, 1.165) is 36.5 Å². The van der Waals surface area contributed by atoms with Crippen LogP contribution >= 0.6 is 11.3 Å². The van der Waals surface area contributed by atoms with Gasteiger partial charge >= 0.3 is 0 Å². The molecule has 0 aliphatic heterocycles. The number of hydrogen-bond acceptors (Lipinski definition) is 3. The molecule has 2 aromatic rings. The Kier molecular flexibility index (Phi) is 6.21. The Morgan fingerprint density at radius 2 is 2.23 bits per heavy atom. The predicted octanol–water partition coefficient (Wildman–Crippen LogP) is 3.37. The highest BCUT2D eigenvalue weighted by atomic mass is 32.1. The van der Waals surface area contributed by atoms with E-state index in [1.165, 1.54) is 4.88 Å². The van der Waals surface area contributed by atoms with Crippen LogP contribution in [0.25, 0.3) is 0 Å². The van der Waals surface area contributed by atoms with Crippen LogP contribution in [0.2, 0.25) is 0 Å². The number of hydrogen-bond donors (Lipinski definition) is 1. The predicted molar refractivity (Wildman–Crippen MR) is 90.8 cm³/mol. The Hall–Kier alpha value is -1.59. The number of thiophene rings is 1. The van der Waals surface area contributed by atoms with E-state index in [-0.39, 0.29) is 5.91 Å². The normalized spacial score (nSPS) is 10.9. The second-order valence-electron chi connectivity index (χ2n) is 5.26. The minimum absolute atomic E-state index is 0.00188. The zero-order valence-electron chi connectivity index (χ0n) is 13.5. The molecule has 4 nitrogen and oxygen atoms in total. The largest absolute Gasteiger partial charge is 0.382 e. The Morgan fingerprint density at radius 3 is 2.91 bits per heavy atom. The molecule has 0 aliphatic carbocycles. The molecule has 0 aliphatic rings. The van der Waals surface area contributed by atoms with Gasteiger partial charge in [0.2, 0.25) is 0 Å². The molecule has 0 saturated heterocycles. The number of rotatable bonds is 8. The van der Waals surface area contributed by atoms with Gasteiger partial charge in [-0.25, -0.2) is 0 Å². The van der Waals surface area contributed by atoms with Gasteiger partial charge in [-0.3, -0.25) is 4.79 Å². The van der Waals surface area contributed by atoms with Crippen LogP contribution in [0.1, 0.15) is 40.0 Å². The second kappa shape index (κ2) is 8.15. The molecular formula is C17H24N2O2S. The number of carbonyl (C=O) groups is 1. The lowest BCUT2D eigenvalue weighted by molar-refractivity contribution is 0.0943. The monoisotopic (exact) mass is 320 g/mol. The number of nitrogens with zero attached hydrogens (tertiary/aromatic N) is 1. The summed E-state index contributed by atoms with van der Waals surface area (Å²) in [5, 5.41) is 5.05. The fraction of sp³-hybridized carbons (Fsp3) is 0.471. The average Bonchev–Trinajstić information content (AvgIpc) is 3.10. The minimum Gasteiger partial charge on any atom is -0.382 e. The molecule has 0 radical (unpaired) electrons. The van der Waals surface area contributed by atoms with Crippen LogP contribution in [-0.4, -0.2) is 30.2 Å². The van der Waals surface area contributed by atoms with Crippen molar-refractivity contribution >= 4 is 17.2 Å². The lowest BCUT2D eigenvalue weighted by Crippen LogP contribution is -2.25. The number of amides is 1. The van der Waals surface area contributed by atoms with Crippen LogP contribution in [0, 0.1) is 13.8 Å². The molecule has 1 N–H and O–H groups in total. The average molecular weight is 320 g/mol. The zero-order chi connectivity index (χ0) is 15.9. The summed E-state index contributed by atoms with van der Waals surface area (Å²) in [4.78, 5) is 13.6. The molecular weight excluding hydrogens is 296 g/mol. The highest BCUT2D eigenvalue weighted by Crippen LogP contribution is 2.19. The van der Waals surface area contributed by atoms with E-state index in [1.807, 2.05) is 26.8 Å². The van der Waals surface area contributed by atoms with E-state index < -0.39 is 0 Å². The molecule has 120 valence electrons. The second-order valence-corrected chi connectivity index (χ2v) is 6.29. The van der Waals surface area contributed by atoms with E-state index in [0.29, 0.717) is 13.2 Å². The molecule has 2 aromatic heterocycles. The summed E-state index contributed by atoms with van der Waals surface area (Å²) in [5.41, 5.74) is 2.91. The first-order valence-corrected chi connectivity index (χ1v) is 8.56. The van der Waals surface area contributed by atoms with Crippen molar-refractivity contribution in [1.29, 1.82) is 0 Å². The molecule has 2 heterocycles. The van der Waals surface area contributed by atoms with Crippen molar-refractivity contribution in [1.82, 2.24) is 9.88 Å². The van der Waals surface area contributed by atoms with Crippen molar-refractivity contribution < 1.29 is 9.53 Å². The molecule has 1 amide bonds. The van der Waals surface area contributed by atoms with E-state index in [1.54, 1.807) is 11.3 Å². The lowest BCUT2D eigenvalue weighted by Gasteiger charge is -2.09. The molecule has 0 unspecified atom stereocenters. The lowest BCUT2D eigenvalue weighted by atomic mass is 10.2. The SMILES string of the molecule is CCOCCCNC(=O)c1cc(C)n(Cc2cccs2)c1C. The summed E-state index contributed by atoms with van der Waals surface area (Å²) in [6, 6.07) is 6.15. The quantitative estimate of drug-likeness (QED) is 0.758. The highest BCUT2D eigenvalue weighted by Gasteiger charge is 2.15. The molecule has 0 bridgehead atoms. The van der Waals surface area contributed by atoms with Crippen LogP contribution in [-0.2, 0) is 11.3 Å². The highest BCUT2D eigenvalue weighted by molar-refractivity contribution is 7.09. The molecule has 0 aromatic carbocycles. The minimum atomic E-state index is 0.00188. The van der Waals surface area contributed by atoms with E-state index in [2.05, 4.69) is 27.4 Å². The number of nitrogens with one attached hydrogen (secondary N) is 1. The molecule has 0 fully saturated rings. The first-order valence-electron chi connectivity index (χ1n) is 7.68. The molecule has 0 atom stereocenters. The van der Waals surface area contributed by atoms with Gasteiger partial charge in [0.25, 0.3) is 5.91 Å². The maximum atomic E-state index is 12.3. The standard InChI is InChI=1S/C17H24N2O2S/c1-4-21-9-6-8-18-17(20)16-11-13(2)19(14(16)3)12-15-7-5-10-22-15/h5,7,10-11H,4,6,8-9,12H2,1-3H3,(H,18,20). The molecule has 22 heavy (non-hydrogen) atoms. The van der Waals surface area contributed by atoms with E-state index in [9.17, 15) is 4.79 Å². The number of aromatic nitrogens is 1. The topological polar surface area (TPSA) is 43.3 Å². The van der Waals surface area contributed by atoms with Gasteiger partial charge in [-0.2, -0.15) is 0 Å². The summed E-state index contributed by atoms with van der Waals surface area (Å²) in [6.07, 6.45) is 0.841. The summed E-state index contributed by atoms with van der Waals surface area (Å²) >= 11 is 1.74. The Bertz CT molecular complexity index is 602. The number of carbonyl (C=O) groups excluding carboxylic acids is 1. The number of aryl methyl sites for hydroxylation is 1. The van der Waals surface area contributed by atoms with Crippen molar-refractivity contribution in [2.75, 3.05) is 19.8 Å². The fourth-order valence-corrected chi connectivity index (χ4v) is 3.14. The summed E-state index contributed by atoms with van der Waals surface area (Å²) < 4.78 is 7.47. The van der Waals surface area contributed by atoms with Crippen molar-refractivity contribution in [2.24, 2.45) is 0 Å². The van der Waals surface area contributed by atoms with Gasteiger partial charge in [-0.15, -0.1) is 11.3 Å². The van der Waals surface area contributed by atoms with E-state index >= 15 is 0 Å². The van der Waals surface area contributed by atoms with Crippen molar-refractivity contribution in [3.8, 4) is 0 Å². The van der Waals surface area contributed by atoms with Gasteiger partial charge in [0, 0.05) is 36.0 Å².